The minimum Gasteiger partial charge on any atom is -0.0654 e. The molecule has 0 spiro atoms. The molecule has 3 aromatic rings. The number of benzene rings is 3. The van der Waals surface area contributed by atoms with Crippen molar-refractivity contribution < 1.29 is 0 Å². The fourth-order valence-corrected chi connectivity index (χ4v) is 14.1. The van der Waals surface area contributed by atoms with E-state index in [0.717, 1.165) is 47.3 Å². The first kappa shape index (κ1) is 38.9. The molecule has 4 aliphatic rings. The van der Waals surface area contributed by atoms with Crippen LogP contribution in [0.25, 0.3) is 0 Å². The molecule has 0 N–H and O–H groups in total. The second-order valence-corrected chi connectivity index (χ2v) is 21.0. The zero-order chi connectivity index (χ0) is 37.2. The third-order valence-electron chi connectivity index (χ3n) is 16.3. The Kier molecular flexibility index (Phi) is 12.0. The summed E-state index contributed by atoms with van der Waals surface area (Å²) in [5.41, 5.74) is 5.84. The van der Waals surface area contributed by atoms with Crippen molar-refractivity contribution >= 4 is 0 Å². The topological polar surface area (TPSA) is 0 Å². The van der Waals surface area contributed by atoms with E-state index in [0.29, 0.717) is 22.7 Å². The summed E-state index contributed by atoms with van der Waals surface area (Å²) < 4.78 is 0. The molecule has 9 atom stereocenters. The second kappa shape index (κ2) is 16.4. The number of rotatable bonds is 12. The van der Waals surface area contributed by atoms with E-state index in [1.54, 1.807) is 16.7 Å². The molecule has 4 aliphatic carbocycles. The van der Waals surface area contributed by atoms with Gasteiger partial charge in [-0.25, -0.2) is 0 Å². The van der Waals surface area contributed by atoms with Gasteiger partial charge in [0.2, 0.25) is 0 Å². The Bertz CT molecular complexity index is 1450. The molecule has 4 fully saturated rings. The molecule has 4 saturated carbocycles. The highest BCUT2D eigenvalue weighted by molar-refractivity contribution is 5.33. The van der Waals surface area contributed by atoms with Gasteiger partial charge in [-0.2, -0.15) is 0 Å². The fraction of sp³-hybridized carbons (Fsp3) is 0.660. The molecule has 53 heavy (non-hydrogen) atoms. The van der Waals surface area contributed by atoms with Gasteiger partial charge in [0.1, 0.15) is 0 Å². The number of hydrogen-bond acceptors (Lipinski definition) is 0. The maximum absolute atomic E-state index is 2.63. The third kappa shape index (κ3) is 7.88. The SMILES string of the molecule is CCCCCCCCC(c1ccccc1)(C1CCCC1)C1C2CC(c3ccccc3)C(C(C)(C)C)CC2C2CC(C(C)(C)C)C(c3ccccc3)CC21. The Morgan fingerprint density at radius 2 is 0.925 bits per heavy atom. The summed E-state index contributed by atoms with van der Waals surface area (Å²) in [5, 5.41) is 0. The van der Waals surface area contributed by atoms with Gasteiger partial charge in [-0.05, 0) is 132 Å². The van der Waals surface area contributed by atoms with Crippen molar-refractivity contribution in [3.63, 3.8) is 0 Å². The van der Waals surface area contributed by atoms with Crippen molar-refractivity contribution in [2.24, 2.45) is 58.2 Å². The van der Waals surface area contributed by atoms with E-state index in [2.05, 4.69) is 139 Å². The van der Waals surface area contributed by atoms with Crippen molar-refractivity contribution in [3.05, 3.63) is 108 Å². The average molecular weight is 713 g/mol. The first-order valence-corrected chi connectivity index (χ1v) is 22.7. The summed E-state index contributed by atoms with van der Waals surface area (Å²) in [6.45, 7) is 17.8. The lowest BCUT2D eigenvalue weighted by molar-refractivity contribution is 0.0236. The van der Waals surface area contributed by atoms with Crippen molar-refractivity contribution in [1.82, 2.24) is 0 Å². The van der Waals surface area contributed by atoms with E-state index < -0.39 is 0 Å². The minimum absolute atomic E-state index is 0.274. The summed E-state index contributed by atoms with van der Waals surface area (Å²) in [6, 6.07) is 36.2. The zero-order valence-electron chi connectivity index (χ0n) is 35.0. The Hall–Kier alpha value is -2.34. The van der Waals surface area contributed by atoms with Gasteiger partial charge in [-0.15, -0.1) is 0 Å². The smallest absolute Gasteiger partial charge is 0.00149 e. The molecule has 0 heteroatoms. The lowest BCUT2D eigenvalue weighted by Gasteiger charge is -2.54. The molecule has 0 aromatic heterocycles. The normalized spacial score (nSPS) is 31.9. The van der Waals surface area contributed by atoms with E-state index >= 15 is 0 Å². The van der Waals surface area contributed by atoms with Crippen LogP contribution in [0.5, 0.6) is 0 Å². The Morgan fingerprint density at radius 3 is 1.38 bits per heavy atom. The lowest BCUT2D eigenvalue weighted by Crippen LogP contribution is -2.49. The monoisotopic (exact) mass is 713 g/mol. The van der Waals surface area contributed by atoms with E-state index in [1.165, 1.54) is 96.3 Å². The largest absolute Gasteiger partial charge is 0.0654 e. The van der Waals surface area contributed by atoms with Crippen LogP contribution in [0.4, 0.5) is 0 Å². The molecule has 0 heterocycles. The second-order valence-electron chi connectivity index (χ2n) is 21.0. The quantitative estimate of drug-likeness (QED) is 0.164. The van der Waals surface area contributed by atoms with Crippen LogP contribution >= 0.6 is 0 Å². The molecule has 3 aromatic carbocycles. The summed E-state index contributed by atoms with van der Waals surface area (Å²) in [6.07, 6.45) is 21.1. The van der Waals surface area contributed by atoms with Gasteiger partial charge < -0.3 is 0 Å². The number of unbranched alkanes of at least 4 members (excludes halogenated alkanes) is 5. The standard InChI is InChI=1S/C53H76/c1-8-9-10-11-12-24-33-53(41-31-22-23-32-41,40-29-20-15-21-30-40)50-46-34-42(38-25-16-13-17-26-38)48(51(2,3)4)36-44(46)45-37-49(52(5,6)7)43(35-47(45)50)39-27-18-14-19-28-39/h13-21,25-30,41-50H,8-12,22-24,31-37H2,1-7H3. The summed E-state index contributed by atoms with van der Waals surface area (Å²) in [7, 11) is 0. The maximum Gasteiger partial charge on any atom is 0.00149 e. The van der Waals surface area contributed by atoms with E-state index in [4.69, 9.17) is 0 Å². The Morgan fingerprint density at radius 1 is 0.491 bits per heavy atom. The van der Waals surface area contributed by atoms with Gasteiger partial charge in [0, 0.05) is 5.41 Å². The van der Waals surface area contributed by atoms with Gasteiger partial charge in [0.15, 0.2) is 0 Å². The van der Waals surface area contributed by atoms with E-state index in [1.807, 2.05) is 0 Å². The maximum atomic E-state index is 2.63. The van der Waals surface area contributed by atoms with Crippen LogP contribution in [0, 0.1) is 58.2 Å². The highest BCUT2D eigenvalue weighted by atomic mass is 14.7. The number of fused-ring (bicyclic) bond motifs is 3. The van der Waals surface area contributed by atoms with Gasteiger partial charge in [-0.1, -0.05) is 191 Å². The average Bonchev–Trinajstić information content (AvgIpc) is 3.81. The molecule has 0 aliphatic heterocycles. The van der Waals surface area contributed by atoms with Crippen LogP contribution in [-0.4, -0.2) is 0 Å². The van der Waals surface area contributed by atoms with Crippen molar-refractivity contribution in [2.45, 2.75) is 162 Å². The van der Waals surface area contributed by atoms with Crippen LogP contribution in [0.2, 0.25) is 0 Å². The molecule has 7 rings (SSSR count). The molecule has 0 radical (unpaired) electrons. The van der Waals surface area contributed by atoms with Gasteiger partial charge in [-0.3, -0.25) is 0 Å². The molecule has 0 nitrogen and oxygen atoms in total. The predicted octanol–water partition coefficient (Wildman–Crippen LogP) is 15.4. The summed E-state index contributed by atoms with van der Waals surface area (Å²) in [5.74, 6) is 7.59. The molecule has 0 bridgehead atoms. The zero-order valence-corrected chi connectivity index (χ0v) is 35.0. The predicted molar refractivity (Wildman–Crippen MR) is 228 cm³/mol. The van der Waals surface area contributed by atoms with Gasteiger partial charge in [0.25, 0.3) is 0 Å². The van der Waals surface area contributed by atoms with Crippen LogP contribution in [0.15, 0.2) is 91.0 Å². The van der Waals surface area contributed by atoms with Crippen molar-refractivity contribution in [1.29, 1.82) is 0 Å². The highest BCUT2D eigenvalue weighted by Gasteiger charge is 2.64. The Labute approximate surface area is 326 Å². The fourth-order valence-electron chi connectivity index (χ4n) is 14.1. The van der Waals surface area contributed by atoms with E-state index in [-0.39, 0.29) is 5.41 Å². The first-order valence-electron chi connectivity index (χ1n) is 22.7. The minimum atomic E-state index is 0.274. The highest BCUT2D eigenvalue weighted by Crippen LogP contribution is 2.71. The van der Waals surface area contributed by atoms with E-state index in [9.17, 15) is 0 Å². The van der Waals surface area contributed by atoms with Crippen LogP contribution in [-0.2, 0) is 5.41 Å². The molecular weight excluding hydrogens is 637 g/mol. The van der Waals surface area contributed by atoms with Gasteiger partial charge in [0.05, 0.1) is 0 Å². The lowest BCUT2D eigenvalue weighted by atomic mass is 9.50. The number of hydrogen-bond donors (Lipinski definition) is 0. The summed E-state index contributed by atoms with van der Waals surface area (Å²) >= 11 is 0. The Balaban J connectivity index is 1.40. The molecule has 288 valence electrons. The van der Waals surface area contributed by atoms with Crippen LogP contribution in [0.1, 0.15) is 173 Å². The van der Waals surface area contributed by atoms with Crippen molar-refractivity contribution in [2.75, 3.05) is 0 Å². The van der Waals surface area contributed by atoms with Crippen LogP contribution in [0.3, 0.4) is 0 Å². The molecule has 9 unspecified atom stereocenters. The van der Waals surface area contributed by atoms with Crippen LogP contribution < -0.4 is 0 Å². The molecular formula is C53H76. The van der Waals surface area contributed by atoms with Crippen molar-refractivity contribution in [3.8, 4) is 0 Å². The summed E-state index contributed by atoms with van der Waals surface area (Å²) in [4.78, 5) is 0. The third-order valence-corrected chi connectivity index (χ3v) is 16.3. The molecule has 0 amide bonds. The first-order chi connectivity index (χ1) is 25.5. The molecule has 0 saturated heterocycles. The van der Waals surface area contributed by atoms with Gasteiger partial charge >= 0.3 is 0 Å².